The highest BCUT2D eigenvalue weighted by Gasteiger charge is 2.19. The second-order valence-electron chi connectivity index (χ2n) is 7.13. The van der Waals surface area contributed by atoms with E-state index in [9.17, 15) is 4.79 Å². The Hall–Kier alpha value is -3.56. The maximum atomic E-state index is 11.2. The molecule has 0 amide bonds. The molecule has 0 aliphatic rings. The van der Waals surface area contributed by atoms with Gasteiger partial charge in [-0.15, -0.1) is 0 Å². The summed E-state index contributed by atoms with van der Waals surface area (Å²) >= 11 is 6.19. The zero-order chi connectivity index (χ0) is 21.1. The summed E-state index contributed by atoms with van der Waals surface area (Å²) < 4.78 is 0. The van der Waals surface area contributed by atoms with Crippen molar-refractivity contribution < 1.29 is 4.79 Å². The van der Waals surface area contributed by atoms with Crippen molar-refractivity contribution in [2.45, 2.75) is 6.04 Å². The largest absolute Gasteiger partial charge is 0.374 e. The molecule has 4 heteroatoms. The topological polar surface area (TPSA) is 44.9 Å². The lowest BCUT2D eigenvalue weighted by Crippen LogP contribution is -2.12. The van der Waals surface area contributed by atoms with Gasteiger partial charge in [-0.1, -0.05) is 67.2 Å². The van der Waals surface area contributed by atoms with E-state index in [1.165, 1.54) is 0 Å². The van der Waals surface area contributed by atoms with E-state index in [0.29, 0.717) is 10.6 Å². The fourth-order valence-corrected chi connectivity index (χ4v) is 3.76. The lowest BCUT2D eigenvalue weighted by molar-refractivity contribution is -0.103. The van der Waals surface area contributed by atoms with Gasteiger partial charge in [0.2, 0.25) is 0 Å². The van der Waals surface area contributed by atoms with Crippen molar-refractivity contribution in [2.75, 3.05) is 5.32 Å². The summed E-state index contributed by atoms with van der Waals surface area (Å²) in [6.07, 6.45) is 2.73. The number of aromatic nitrogens is 1. The van der Waals surface area contributed by atoms with Crippen LogP contribution in [0.25, 0.3) is 22.0 Å². The van der Waals surface area contributed by atoms with Crippen LogP contribution in [0.4, 0.5) is 5.69 Å². The summed E-state index contributed by atoms with van der Waals surface area (Å²) in [5.41, 5.74) is 6.10. The number of halogens is 1. The number of aromatic amines is 1. The number of aldehydes is 1. The van der Waals surface area contributed by atoms with E-state index in [1.54, 1.807) is 0 Å². The SMILES string of the molecule is C=C(C=O)c1ccc2[nH]cc(C(=C)C(Nc3cccc(Cl)c3)c3ccccc3)c2c1. The molecule has 0 aliphatic heterocycles. The number of fused-ring (bicyclic) bond motifs is 1. The molecule has 0 bridgehead atoms. The Kier molecular flexibility index (Phi) is 5.55. The van der Waals surface area contributed by atoms with E-state index < -0.39 is 0 Å². The molecule has 0 aliphatic carbocycles. The molecule has 0 saturated carbocycles. The molecule has 30 heavy (non-hydrogen) atoms. The van der Waals surface area contributed by atoms with Gasteiger partial charge >= 0.3 is 0 Å². The number of rotatable bonds is 7. The number of anilines is 1. The Bertz CT molecular complexity index is 1240. The molecule has 0 radical (unpaired) electrons. The number of carbonyl (C=O) groups is 1. The van der Waals surface area contributed by atoms with Gasteiger partial charge < -0.3 is 10.3 Å². The fourth-order valence-electron chi connectivity index (χ4n) is 3.57. The third-order valence-corrected chi connectivity index (χ3v) is 5.39. The summed E-state index contributed by atoms with van der Waals surface area (Å²) in [6.45, 7) is 8.26. The van der Waals surface area contributed by atoms with Crippen LogP contribution in [0.5, 0.6) is 0 Å². The number of carbonyl (C=O) groups excluding carboxylic acids is 1. The normalized spacial score (nSPS) is 11.8. The molecule has 3 aromatic carbocycles. The Balaban J connectivity index is 1.78. The van der Waals surface area contributed by atoms with Gasteiger partial charge in [-0.2, -0.15) is 0 Å². The third-order valence-electron chi connectivity index (χ3n) is 5.16. The first-order valence-corrected chi connectivity index (χ1v) is 9.96. The Morgan fingerprint density at radius 2 is 1.80 bits per heavy atom. The molecule has 1 aromatic heterocycles. The van der Waals surface area contributed by atoms with Gasteiger partial charge in [0, 0.05) is 38.9 Å². The summed E-state index contributed by atoms with van der Waals surface area (Å²) in [4.78, 5) is 14.5. The van der Waals surface area contributed by atoms with E-state index in [0.717, 1.165) is 45.1 Å². The predicted octanol–water partition coefficient (Wildman–Crippen LogP) is 6.90. The quantitative estimate of drug-likeness (QED) is 0.256. The van der Waals surface area contributed by atoms with Gasteiger partial charge in [-0.3, -0.25) is 4.79 Å². The van der Waals surface area contributed by atoms with Crippen molar-refractivity contribution in [3.63, 3.8) is 0 Å². The number of allylic oxidation sites excluding steroid dienone is 1. The Morgan fingerprint density at radius 1 is 1.00 bits per heavy atom. The lowest BCUT2D eigenvalue weighted by atomic mass is 9.92. The average Bonchev–Trinajstić information content (AvgIpc) is 3.20. The second kappa shape index (κ2) is 8.44. The minimum Gasteiger partial charge on any atom is -0.374 e. The molecule has 2 N–H and O–H groups in total. The molecule has 0 saturated heterocycles. The molecule has 3 nitrogen and oxygen atoms in total. The zero-order valence-electron chi connectivity index (χ0n) is 16.4. The van der Waals surface area contributed by atoms with Gasteiger partial charge in [0.15, 0.2) is 0 Å². The maximum Gasteiger partial charge on any atom is 0.150 e. The summed E-state index contributed by atoms with van der Waals surface area (Å²) in [6, 6.07) is 23.5. The molecule has 148 valence electrons. The summed E-state index contributed by atoms with van der Waals surface area (Å²) in [5.74, 6) is 0. The van der Waals surface area contributed by atoms with Gasteiger partial charge in [-0.25, -0.2) is 0 Å². The average molecular weight is 413 g/mol. The van der Waals surface area contributed by atoms with E-state index in [1.807, 2.05) is 66.9 Å². The zero-order valence-corrected chi connectivity index (χ0v) is 17.1. The van der Waals surface area contributed by atoms with Crippen molar-refractivity contribution in [3.05, 3.63) is 114 Å². The lowest BCUT2D eigenvalue weighted by Gasteiger charge is -2.23. The highest BCUT2D eigenvalue weighted by atomic mass is 35.5. The molecule has 4 rings (SSSR count). The first-order valence-electron chi connectivity index (χ1n) is 9.58. The molecule has 0 fully saturated rings. The monoisotopic (exact) mass is 412 g/mol. The Labute approximate surface area is 180 Å². The standard InChI is InChI=1S/C26H21ClN2O/c1-17(16-30)20-11-12-25-23(13-20)24(15-28-25)18(2)26(19-7-4-3-5-8-19)29-22-10-6-9-21(27)14-22/h3-16,26,28-29H,1-2H2. The molecular formula is C26H21ClN2O. The van der Waals surface area contributed by atoms with E-state index in [-0.39, 0.29) is 6.04 Å². The smallest absolute Gasteiger partial charge is 0.150 e. The molecule has 1 atom stereocenters. The predicted molar refractivity (Wildman–Crippen MR) is 127 cm³/mol. The molecule has 0 spiro atoms. The Morgan fingerprint density at radius 3 is 2.53 bits per heavy atom. The highest BCUT2D eigenvalue weighted by molar-refractivity contribution is 6.30. The van der Waals surface area contributed by atoms with E-state index in [4.69, 9.17) is 11.6 Å². The van der Waals surface area contributed by atoms with E-state index >= 15 is 0 Å². The van der Waals surface area contributed by atoms with Crippen LogP contribution in [0.2, 0.25) is 5.02 Å². The van der Waals surface area contributed by atoms with Crippen molar-refractivity contribution in [1.29, 1.82) is 0 Å². The molecule has 1 unspecified atom stereocenters. The third kappa shape index (κ3) is 3.93. The van der Waals surface area contributed by atoms with Gasteiger partial charge in [-0.05, 0) is 47.0 Å². The van der Waals surface area contributed by atoms with Crippen LogP contribution in [0.3, 0.4) is 0 Å². The second-order valence-corrected chi connectivity index (χ2v) is 7.57. The number of H-pyrrole nitrogens is 1. The first kappa shape index (κ1) is 19.7. The minimum atomic E-state index is -0.165. The summed E-state index contributed by atoms with van der Waals surface area (Å²) in [5, 5.41) is 5.23. The summed E-state index contributed by atoms with van der Waals surface area (Å²) in [7, 11) is 0. The maximum absolute atomic E-state index is 11.2. The van der Waals surface area contributed by atoms with Crippen molar-refractivity contribution in [1.82, 2.24) is 4.98 Å². The highest BCUT2D eigenvalue weighted by Crippen LogP contribution is 2.36. The molecule has 4 aromatic rings. The molecular weight excluding hydrogens is 392 g/mol. The first-order chi connectivity index (χ1) is 14.6. The van der Waals surface area contributed by atoms with Crippen LogP contribution < -0.4 is 5.32 Å². The van der Waals surface area contributed by atoms with Gasteiger partial charge in [0.1, 0.15) is 6.29 Å². The van der Waals surface area contributed by atoms with Crippen LogP contribution in [0, 0.1) is 0 Å². The fraction of sp³-hybridized carbons (Fsp3) is 0.0385. The van der Waals surface area contributed by atoms with Gasteiger partial charge in [0.05, 0.1) is 6.04 Å². The van der Waals surface area contributed by atoms with Crippen molar-refractivity contribution in [2.24, 2.45) is 0 Å². The van der Waals surface area contributed by atoms with Crippen LogP contribution in [0.1, 0.15) is 22.7 Å². The number of benzene rings is 3. The number of hydrogen-bond donors (Lipinski definition) is 2. The van der Waals surface area contributed by atoms with Crippen LogP contribution in [0.15, 0.2) is 92.2 Å². The molecule has 1 heterocycles. The number of hydrogen-bond acceptors (Lipinski definition) is 2. The van der Waals surface area contributed by atoms with Gasteiger partial charge in [0.25, 0.3) is 0 Å². The van der Waals surface area contributed by atoms with Crippen LogP contribution in [-0.4, -0.2) is 11.3 Å². The van der Waals surface area contributed by atoms with Crippen LogP contribution in [-0.2, 0) is 4.79 Å². The van der Waals surface area contributed by atoms with E-state index in [2.05, 4.69) is 35.6 Å². The van der Waals surface area contributed by atoms with Crippen molar-refractivity contribution in [3.8, 4) is 0 Å². The van der Waals surface area contributed by atoms with Crippen LogP contribution >= 0.6 is 11.6 Å². The van der Waals surface area contributed by atoms with Crippen molar-refractivity contribution >= 4 is 45.6 Å². The number of nitrogens with one attached hydrogen (secondary N) is 2. The minimum absolute atomic E-state index is 0.165.